The number of benzene rings is 1. The number of morpholine rings is 1. The van der Waals surface area contributed by atoms with Crippen LogP contribution >= 0.6 is 0 Å². The summed E-state index contributed by atoms with van der Waals surface area (Å²) in [5.74, 6) is 0. The van der Waals surface area contributed by atoms with E-state index in [2.05, 4.69) is 30.9 Å². The molecule has 1 aromatic rings. The molecule has 1 fully saturated rings. The summed E-state index contributed by atoms with van der Waals surface area (Å²) in [6, 6.07) is 8.55. The molecule has 94 valence electrons. The average molecular weight is 235 g/mol. The lowest BCUT2D eigenvalue weighted by molar-refractivity contribution is 0.0344. The lowest BCUT2D eigenvalue weighted by atomic mass is 10.1. The van der Waals surface area contributed by atoms with Crippen molar-refractivity contribution in [1.29, 1.82) is 0 Å². The van der Waals surface area contributed by atoms with E-state index in [-0.39, 0.29) is 6.10 Å². The first-order chi connectivity index (χ1) is 8.08. The predicted molar refractivity (Wildman–Crippen MR) is 69.3 cm³/mol. The molecule has 17 heavy (non-hydrogen) atoms. The first-order valence-electron chi connectivity index (χ1n) is 6.24. The van der Waals surface area contributed by atoms with E-state index in [9.17, 15) is 5.11 Å². The molecular formula is C14H21NO2. The lowest BCUT2D eigenvalue weighted by Crippen LogP contribution is -2.47. The minimum absolute atomic E-state index is 0.280. The highest BCUT2D eigenvalue weighted by Crippen LogP contribution is 2.23. The summed E-state index contributed by atoms with van der Waals surface area (Å²) < 4.78 is 5.62. The van der Waals surface area contributed by atoms with Gasteiger partial charge in [0.15, 0.2) is 0 Å². The van der Waals surface area contributed by atoms with Crippen molar-refractivity contribution in [2.45, 2.75) is 39.0 Å². The molecule has 0 aromatic heterocycles. The van der Waals surface area contributed by atoms with Gasteiger partial charge in [0.2, 0.25) is 0 Å². The van der Waals surface area contributed by atoms with Gasteiger partial charge in [-0.1, -0.05) is 12.1 Å². The van der Waals surface area contributed by atoms with Crippen LogP contribution in [0.15, 0.2) is 24.3 Å². The zero-order valence-electron chi connectivity index (χ0n) is 10.8. The SMILES string of the molecule is CC1CN(c2ccc([C@H](C)O)cc2)C(C)CO1. The van der Waals surface area contributed by atoms with E-state index in [0.29, 0.717) is 6.04 Å². The van der Waals surface area contributed by atoms with E-state index < -0.39 is 6.10 Å². The van der Waals surface area contributed by atoms with Gasteiger partial charge in [-0.2, -0.15) is 0 Å². The smallest absolute Gasteiger partial charge is 0.0761 e. The Morgan fingerprint density at radius 1 is 1.29 bits per heavy atom. The minimum Gasteiger partial charge on any atom is -0.389 e. The van der Waals surface area contributed by atoms with Gasteiger partial charge in [0.25, 0.3) is 0 Å². The Morgan fingerprint density at radius 3 is 2.53 bits per heavy atom. The highest BCUT2D eigenvalue weighted by atomic mass is 16.5. The molecule has 0 spiro atoms. The topological polar surface area (TPSA) is 32.7 Å². The molecule has 0 amide bonds. The molecule has 0 aliphatic carbocycles. The number of aliphatic hydroxyl groups is 1. The van der Waals surface area contributed by atoms with Crippen LogP contribution in [-0.4, -0.2) is 30.4 Å². The summed E-state index contributed by atoms with van der Waals surface area (Å²) in [5.41, 5.74) is 2.17. The third-order valence-corrected chi connectivity index (χ3v) is 3.31. The van der Waals surface area contributed by atoms with Gasteiger partial charge in [-0.15, -0.1) is 0 Å². The number of hydrogen-bond acceptors (Lipinski definition) is 3. The Bertz CT molecular complexity index is 361. The van der Waals surface area contributed by atoms with Crippen molar-refractivity contribution >= 4 is 5.69 Å². The van der Waals surface area contributed by atoms with Crippen LogP contribution in [0.2, 0.25) is 0 Å². The molecule has 1 aliphatic heterocycles. The fourth-order valence-corrected chi connectivity index (χ4v) is 2.21. The molecule has 1 aromatic carbocycles. The van der Waals surface area contributed by atoms with Crippen LogP contribution in [-0.2, 0) is 4.74 Å². The van der Waals surface area contributed by atoms with E-state index in [1.807, 2.05) is 12.1 Å². The van der Waals surface area contributed by atoms with E-state index in [4.69, 9.17) is 4.74 Å². The van der Waals surface area contributed by atoms with Crippen LogP contribution in [0, 0.1) is 0 Å². The van der Waals surface area contributed by atoms with Crippen LogP contribution < -0.4 is 4.90 Å². The molecule has 3 heteroatoms. The summed E-state index contributed by atoms with van der Waals surface area (Å²) in [6.45, 7) is 7.76. The standard InChI is InChI=1S/C14H21NO2/c1-10-9-17-11(2)8-15(10)14-6-4-13(5-7-14)12(3)16/h4-7,10-12,16H,8-9H2,1-3H3/t10?,11?,12-/m0/s1. The van der Waals surface area contributed by atoms with Crippen molar-refractivity contribution in [1.82, 2.24) is 0 Å². The van der Waals surface area contributed by atoms with Crippen LogP contribution in [0.4, 0.5) is 5.69 Å². The molecule has 2 unspecified atom stereocenters. The molecule has 3 atom stereocenters. The molecular weight excluding hydrogens is 214 g/mol. The Labute approximate surface area is 103 Å². The van der Waals surface area contributed by atoms with Crippen molar-refractivity contribution < 1.29 is 9.84 Å². The first-order valence-corrected chi connectivity index (χ1v) is 6.24. The molecule has 0 saturated carbocycles. The molecule has 3 nitrogen and oxygen atoms in total. The summed E-state index contributed by atoms with van der Waals surface area (Å²) in [5, 5.41) is 9.49. The number of anilines is 1. The fourth-order valence-electron chi connectivity index (χ4n) is 2.21. The Morgan fingerprint density at radius 2 is 1.94 bits per heavy atom. The number of nitrogens with zero attached hydrogens (tertiary/aromatic N) is 1. The van der Waals surface area contributed by atoms with Gasteiger partial charge >= 0.3 is 0 Å². The molecule has 0 bridgehead atoms. The Kier molecular flexibility index (Phi) is 3.69. The highest BCUT2D eigenvalue weighted by Gasteiger charge is 2.23. The zero-order chi connectivity index (χ0) is 12.4. The van der Waals surface area contributed by atoms with E-state index >= 15 is 0 Å². The summed E-state index contributed by atoms with van der Waals surface area (Å²) >= 11 is 0. The average Bonchev–Trinajstić information content (AvgIpc) is 2.32. The van der Waals surface area contributed by atoms with Gasteiger partial charge in [-0.3, -0.25) is 0 Å². The van der Waals surface area contributed by atoms with E-state index in [0.717, 1.165) is 18.7 Å². The highest BCUT2D eigenvalue weighted by molar-refractivity contribution is 5.49. The second-order valence-corrected chi connectivity index (χ2v) is 4.91. The van der Waals surface area contributed by atoms with Gasteiger partial charge in [-0.05, 0) is 38.5 Å². The Balaban J connectivity index is 2.15. The number of rotatable bonds is 2. The number of hydrogen-bond donors (Lipinski definition) is 1. The quantitative estimate of drug-likeness (QED) is 0.854. The fraction of sp³-hybridized carbons (Fsp3) is 0.571. The maximum Gasteiger partial charge on any atom is 0.0761 e. The largest absolute Gasteiger partial charge is 0.389 e. The van der Waals surface area contributed by atoms with E-state index in [1.165, 1.54) is 5.69 Å². The zero-order valence-corrected chi connectivity index (χ0v) is 10.8. The van der Waals surface area contributed by atoms with Crippen molar-refractivity contribution in [3.8, 4) is 0 Å². The number of ether oxygens (including phenoxy) is 1. The third-order valence-electron chi connectivity index (χ3n) is 3.31. The number of aliphatic hydroxyl groups excluding tert-OH is 1. The van der Waals surface area contributed by atoms with Crippen molar-refractivity contribution in [3.63, 3.8) is 0 Å². The normalized spacial score (nSPS) is 26.9. The molecule has 1 aliphatic rings. The van der Waals surface area contributed by atoms with Gasteiger partial charge in [0, 0.05) is 18.3 Å². The maximum absolute atomic E-state index is 9.49. The maximum atomic E-state index is 9.49. The van der Waals surface area contributed by atoms with Crippen LogP contribution in [0.1, 0.15) is 32.4 Å². The van der Waals surface area contributed by atoms with Gasteiger partial charge in [0.05, 0.1) is 18.8 Å². The van der Waals surface area contributed by atoms with Crippen molar-refractivity contribution in [2.24, 2.45) is 0 Å². The molecule has 2 rings (SSSR count). The summed E-state index contributed by atoms with van der Waals surface area (Å²) in [7, 11) is 0. The summed E-state index contributed by atoms with van der Waals surface area (Å²) in [6.07, 6.45) is -0.118. The molecule has 1 N–H and O–H groups in total. The van der Waals surface area contributed by atoms with Crippen molar-refractivity contribution in [2.75, 3.05) is 18.1 Å². The van der Waals surface area contributed by atoms with Gasteiger partial charge in [0.1, 0.15) is 0 Å². The lowest BCUT2D eigenvalue weighted by Gasteiger charge is -2.38. The van der Waals surface area contributed by atoms with Crippen LogP contribution in [0.25, 0.3) is 0 Å². The molecule has 0 radical (unpaired) electrons. The van der Waals surface area contributed by atoms with Crippen molar-refractivity contribution in [3.05, 3.63) is 29.8 Å². The van der Waals surface area contributed by atoms with E-state index in [1.54, 1.807) is 6.92 Å². The minimum atomic E-state index is -0.398. The predicted octanol–water partition coefficient (Wildman–Crippen LogP) is 2.35. The molecule has 1 heterocycles. The monoisotopic (exact) mass is 235 g/mol. The third kappa shape index (κ3) is 2.79. The van der Waals surface area contributed by atoms with Gasteiger partial charge < -0.3 is 14.7 Å². The van der Waals surface area contributed by atoms with Crippen LogP contribution in [0.5, 0.6) is 0 Å². The van der Waals surface area contributed by atoms with Gasteiger partial charge in [-0.25, -0.2) is 0 Å². The summed E-state index contributed by atoms with van der Waals surface area (Å²) in [4.78, 5) is 2.36. The van der Waals surface area contributed by atoms with Crippen LogP contribution in [0.3, 0.4) is 0 Å². The second-order valence-electron chi connectivity index (χ2n) is 4.91. The second kappa shape index (κ2) is 5.07. The Hall–Kier alpha value is -1.06. The molecule has 1 saturated heterocycles. The first kappa shape index (κ1) is 12.4.